The first-order valence-electron chi connectivity index (χ1n) is 11.1. The molecule has 9 heteroatoms. The fourth-order valence-corrected chi connectivity index (χ4v) is 4.46. The Morgan fingerprint density at radius 1 is 1.16 bits per heavy atom. The summed E-state index contributed by atoms with van der Waals surface area (Å²) in [5, 5.41) is 14.9. The number of morpholine rings is 1. The number of alkyl halides is 3. The van der Waals surface area contributed by atoms with Crippen molar-refractivity contribution >= 4 is 5.57 Å². The Hall–Kier alpha value is -1.84. The molecular weight excluding hydrogens is 411 g/mol. The van der Waals surface area contributed by atoms with Crippen molar-refractivity contribution in [1.82, 2.24) is 14.7 Å². The van der Waals surface area contributed by atoms with Crippen molar-refractivity contribution in [2.24, 2.45) is 0 Å². The predicted molar refractivity (Wildman–Crippen MR) is 109 cm³/mol. The van der Waals surface area contributed by atoms with E-state index in [1.807, 2.05) is 0 Å². The highest BCUT2D eigenvalue weighted by Gasteiger charge is 2.39. The molecule has 1 N–H and O–H groups in total. The molecular formula is C22H30F3N3O3. The van der Waals surface area contributed by atoms with Crippen molar-refractivity contribution in [2.45, 2.75) is 63.5 Å². The Morgan fingerprint density at radius 3 is 2.61 bits per heavy atom. The van der Waals surface area contributed by atoms with E-state index in [-0.39, 0.29) is 24.7 Å². The highest BCUT2D eigenvalue weighted by atomic mass is 19.4. The van der Waals surface area contributed by atoms with E-state index in [1.165, 1.54) is 6.08 Å². The van der Waals surface area contributed by atoms with Crippen LogP contribution in [0.4, 0.5) is 13.2 Å². The quantitative estimate of drug-likeness (QED) is 0.702. The number of β-amino-alcohol motifs (C(OH)–C–C–N with tert-alkyl or cyclic N) is 1. The molecule has 3 aliphatic rings. The minimum absolute atomic E-state index is 0.0532. The number of aliphatic hydroxyl groups excluding tert-OH is 1. The van der Waals surface area contributed by atoms with Gasteiger partial charge in [-0.15, -0.1) is 0 Å². The van der Waals surface area contributed by atoms with Crippen LogP contribution in [-0.4, -0.2) is 71.0 Å². The lowest BCUT2D eigenvalue weighted by molar-refractivity contribution is -0.0982. The summed E-state index contributed by atoms with van der Waals surface area (Å²) < 4.78 is 53.3. The van der Waals surface area contributed by atoms with Crippen molar-refractivity contribution < 1.29 is 27.8 Å². The summed E-state index contributed by atoms with van der Waals surface area (Å²) in [6.45, 7) is 3.81. The maximum Gasteiger partial charge on any atom is 0.416 e. The van der Waals surface area contributed by atoms with E-state index in [1.54, 1.807) is 16.9 Å². The molecule has 1 saturated heterocycles. The first-order valence-corrected chi connectivity index (χ1v) is 11.1. The van der Waals surface area contributed by atoms with E-state index in [2.05, 4.69) is 10.00 Å². The lowest BCUT2D eigenvalue weighted by atomic mass is 9.94. The molecule has 1 aliphatic heterocycles. The number of halogens is 3. The van der Waals surface area contributed by atoms with Crippen LogP contribution < -0.4 is 0 Å². The molecule has 0 spiro atoms. The number of ether oxygens (including phenoxy) is 2. The Morgan fingerprint density at radius 2 is 1.90 bits per heavy atom. The van der Waals surface area contributed by atoms with Crippen LogP contribution in [0.1, 0.15) is 44.2 Å². The summed E-state index contributed by atoms with van der Waals surface area (Å²) in [5.41, 5.74) is 0.790. The first-order chi connectivity index (χ1) is 14.9. The zero-order valence-electron chi connectivity index (χ0n) is 17.6. The number of hydrogen-bond acceptors (Lipinski definition) is 5. The maximum atomic E-state index is 13.5. The SMILES string of the molecule is OC(CN1CCOCC1)Cn1ccc(C2=CC(OC3CCCC3)=C(C(F)(F)F)CC2)n1. The molecule has 0 radical (unpaired) electrons. The van der Waals surface area contributed by atoms with Gasteiger partial charge in [-0.2, -0.15) is 18.3 Å². The molecule has 0 bridgehead atoms. The number of rotatable bonds is 7. The van der Waals surface area contributed by atoms with Gasteiger partial charge in [-0.05, 0) is 56.2 Å². The van der Waals surface area contributed by atoms with Crippen molar-refractivity contribution in [3.63, 3.8) is 0 Å². The third-order valence-corrected chi connectivity index (χ3v) is 6.13. The van der Waals surface area contributed by atoms with Crippen LogP contribution in [0, 0.1) is 0 Å². The number of hydrogen-bond donors (Lipinski definition) is 1. The second-order valence-electron chi connectivity index (χ2n) is 8.52. The summed E-state index contributed by atoms with van der Waals surface area (Å²) in [5.74, 6) is -0.0532. The topological polar surface area (TPSA) is 59.8 Å². The molecule has 1 aromatic heterocycles. The summed E-state index contributed by atoms with van der Waals surface area (Å²) >= 11 is 0. The molecule has 2 heterocycles. The van der Waals surface area contributed by atoms with Crippen LogP contribution in [0.25, 0.3) is 5.57 Å². The second kappa shape index (κ2) is 9.75. The zero-order chi connectivity index (χ0) is 21.8. The zero-order valence-corrected chi connectivity index (χ0v) is 17.6. The average Bonchev–Trinajstić information content (AvgIpc) is 3.40. The van der Waals surface area contributed by atoms with Crippen LogP contribution in [-0.2, 0) is 16.0 Å². The van der Waals surface area contributed by atoms with Gasteiger partial charge in [0, 0.05) is 25.8 Å². The van der Waals surface area contributed by atoms with Gasteiger partial charge in [0.2, 0.25) is 0 Å². The Bertz CT molecular complexity index is 806. The third-order valence-electron chi connectivity index (χ3n) is 6.13. The molecule has 31 heavy (non-hydrogen) atoms. The van der Waals surface area contributed by atoms with E-state index in [0.717, 1.165) is 44.3 Å². The standard InChI is InChI=1S/C22H30F3N3O3/c23-22(24,25)19-6-5-16(13-21(19)31-18-3-1-2-4-18)20-7-8-28(26-20)15-17(29)14-27-9-11-30-12-10-27/h7-8,13,17-18,29H,1-6,9-12,14-15H2. The lowest BCUT2D eigenvalue weighted by Crippen LogP contribution is -2.42. The molecule has 1 atom stereocenters. The molecule has 1 aromatic rings. The average molecular weight is 441 g/mol. The lowest BCUT2D eigenvalue weighted by Gasteiger charge is -2.28. The number of aromatic nitrogens is 2. The molecule has 2 fully saturated rings. The van der Waals surface area contributed by atoms with Gasteiger partial charge in [0.05, 0.1) is 43.2 Å². The van der Waals surface area contributed by atoms with Gasteiger partial charge in [0.15, 0.2) is 0 Å². The minimum atomic E-state index is -4.39. The Balaban J connectivity index is 1.44. The first kappa shape index (κ1) is 22.4. The van der Waals surface area contributed by atoms with Crippen molar-refractivity contribution in [2.75, 3.05) is 32.8 Å². The largest absolute Gasteiger partial charge is 0.490 e. The molecule has 0 amide bonds. The van der Waals surface area contributed by atoms with Gasteiger partial charge in [-0.25, -0.2) is 0 Å². The summed E-state index contributed by atoms with van der Waals surface area (Å²) in [6.07, 6.45) is 1.91. The summed E-state index contributed by atoms with van der Waals surface area (Å²) in [6, 6.07) is 1.79. The molecule has 172 valence electrons. The van der Waals surface area contributed by atoms with E-state index in [4.69, 9.17) is 9.47 Å². The van der Waals surface area contributed by atoms with Gasteiger partial charge >= 0.3 is 6.18 Å². The highest BCUT2D eigenvalue weighted by Crippen LogP contribution is 2.40. The molecule has 6 nitrogen and oxygen atoms in total. The molecule has 1 saturated carbocycles. The summed E-state index contributed by atoms with van der Waals surface area (Å²) in [7, 11) is 0. The van der Waals surface area contributed by atoms with Gasteiger partial charge in [0.1, 0.15) is 5.76 Å². The van der Waals surface area contributed by atoms with Crippen molar-refractivity contribution in [3.05, 3.63) is 35.4 Å². The summed E-state index contributed by atoms with van der Waals surface area (Å²) in [4.78, 5) is 2.15. The maximum absolute atomic E-state index is 13.5. The monoisotopic (exact) mass is 441 g/mol. The second-order valence-corrected chi connectivity index (χ2v) is 8.52. The molecule has 0 aromatic carbocycles. The molecule has 1 unspecified atom stereocenters. The van der Waals surface area contributed by atoms with Crippen LogP contribution in [0.3, 0.4) is 0 Å². The van der Waals surface area contributed by atoms with E-state index in [9.17, 15) is 18.3 Å². The highest BCUT2D eigenvalue weighted by molar-refractivity contribution is 5.67. The predicted octanol–water partition coefficient (Wildman–Crippen LogP) is 3.53. The molecule has 4 rings (SSSR count). The van der Waals surface area contributed by atoms with E-state index in [0.29, 0.717) is 32.0 Å². The Kier molecular flexibility index (Phi) is 7.03. The van der Waals surface area contributed by atoms with Crippen LogP contribution in [0.5, 0.6) is 0 Å². The van der Waals surface area contributed by atoms with Gasteiger partial charge in [0.25, 0.3) is 0 Å². The fourth-order valence-electron chi connectivity index (χ4n) is 4.46. The minimum Gasteiger partial charge on any atom is -0.490 e. The van der Waals surface area contributed by atoms with Crippen molar-refractivity contribution in [3.8, 4) is 0 Å². The van der Waals surface area contributed by atoms with Crippen LogP contribution in [0.15, 0.2) is 29.7 Å². The van der Waals surface area contributed by atoms with Gasteiger partial charge in [-0.3, -0.25) is 9.58 Å². The smallest absolute Gasteiger partial charge is 0.416 e. The number of allylic oxidation sites excluding steroid dienone is 3. The number of nitrogens with zero attached hydrogens (tertiary/aromatic N) is 3. The van der Waals surface area contributed by atoms with Crippen molar-refractivity contribution in [1.29, 1.82) is 0 Å². The fraction of sp³-hybridized carbons (Fsp3) is 0.682. The number of aliphatic hydroxyl groups is 1. The normalized spacial score (nSPS) is 22.6. The molecule has 2 aliphatic carbocycles. The third kappa shape index (κ3) is 5.90. The van der Waals surface area contributed by atoms with Gasteiger partial charge < -0.3 is 14.6 Å². The van der Waals surface area contributed by atoms with Crippen LogP contribution in [0.2, 0.25) is 0 Å². The van der Waals surface area contributed by atoms with E-state index >= 15 is 0 Å². The van der Waals surface area contributed by atoms with E-state index < -0.39 is 17.9 Å². The Labute approximate surface area is 180 Å². The van der Waals surface area contributed by atoms with Crippen LogP contribution >= 0.6 is 0 Å². The van der Waals surface area contributed by atoms with Gasteiger partial charge in [-0.1, -0.05) is 0 Å².